The van der Waals surface area contributed by atoms with Crippen molar-refractivity contribution in [1.82, 2.24) is 10.2 Å². The molecular weight excluding hydrogens is 228 g/mol. The van der Waals surface area contributed by atoms with Gasteiger partial charge in [0.05, 0.1) is 6.54 Å². The zero-order chi connectivity index (χ0) is 13.1. The summed E-state index contributed by atoms with van der Waals surface area (Å²) in [6.07, 6.45) is -1.42. The maximum atomic E-state index is 11.7. The molecule has 7 nitrogen and oxygen atoms in total. The minimum Gasteiger partial charge on any atom is -0.444 e. The molecule has 0 aliphatic carbocycles. The van der Waals surface area contributed by atoms with E-state index >= 15 is 0 Å². The highest BCUT2D eigenvalue weighted by Crippen LogP contribution is 2.11. The molecule has 2 amide bonds. The van der Waals surface area contributed by atoms with E-state index in [1.54, 1.807) is 20.8 Å². The average molecular weight is 244 g/mol. The highest BCUT2D eigenvalue weighted by atomic mass is 16.6. The Morgan fingerprint density at radius 3 is 2.71 bits per heavy atom. The van der Waals surface area contributed by atoms with Gasteiger partial charge in [-0.3, -0.25) is 14.5 Å². The van der Waals surface area contributed by atoms with Crippen LogP contribution in [-0.2, 0) is 19.1 Å². The first-order valence-corrected chi connectivity index (χ1v) is 5.18. The van der Waals surface area contributed by atoms with Crippen LogP contribution in [0.5, 0.6) is 0 Å². The summed E-state index contributed by atoms with van der Waals surface area (Å²) in [7, 11) is 0. The Hall–Kier alpha value is -1.79. The summed E-state index contributed by atoms with van der Waals surface area (Å²) in [5, 5.41) is 2.42. The zero-order valence-electron chi connectivity index (χ0n) is 10.1. The maximum Gasteiger partial charge on any atom is 0.410 e. The molecule has 1 aliphatic rings. The summed E-state index contributed by atoms with van der Waals surface area (Å²) in [6, 6.07) is 0. The predicted octanol–water partition coefficient (Wildman–Crippen LogP) is -0.148. The molecule has 1 rings (SSSR count). The topological polar surface area (TPSA) is 84.9 Å². The van der Waals surface area contributed by atoms with E-state index in [2.05, 4.69) is 10.1 Å². The minimum absolute atomic E-state index is 0.0827. The third-order valence-electron chi connectivity index (χ3n) is 1.91. The number of hydrogen-bond donors (Lipinski definition) is 1. The van der Waals surface area contributed by atoms with E-state index in [-0.39, 0.29) is 19.6 Å². The lowest BCUT2D eigenvalue weighted by Gasteiger charge is -2.33. The van der Waals surface area contributed by atoms with Crippen LogP contribution in [0.4, 0.5) is 4.79 Å². The minimum atomic E-state index is -0.818. The number of piperazine rings is 1. The Balaban J connectivity index is 2.60. The van der Waals surface area contributed by atoms with Crippen molar-refractivity contribution < 1.29 is 23.9 Å². The van der Waals surface area contributed by atoms with Crippen LogP contribution in [0.1, 0.15) is 20.8 Å². The number of hydrogen-bond acceptors (Lipinski definition) is 5. The number of rotatable bonds is 2. The SMILES string of the molecule is CC(C)(C)OC(=O)N1CC(=O)NC(OC=O)C1. The van der Waals surface area contributed by atoms with E-state index in [4.69, 9.17) is 4.74 Å². The van der Waals surface area contributed by atoms with Gasteiger partial charge >= 0.3 is 6.09 Å². The van der Waals surface area contributed by atoms with Crippen LogP contribution in [0.15, 0.2) is 0 Å². The number of amides is 2. The van der Waals surface area contributed by atoms with Gasteiger partial charge in [-0.05, 0) is 20.8 Å². The van der Waals surface area contributed by atoms with Gasteiger partial charge in [0.2, 0.25) is 5.91 Å². The molecule has 0 bridgehead atoms. The van der Waals surface area contributed by atoms with Crippen molar-refractivity contribution >= 4 is 18.5 Å². The molecule has 1 N–H and O–H groups in total. The monoisotopic (exact) mass is 244 g/mol. The van der Waals surface area contributed by atoms with Gasteiger partial charge in [-0.15, -0.1) is 0 Å². The fourth-order valence-corrected chi connectivity index (χ4v) is 1.32. The van der Waals surface area contributed by atoms with Gasteiger partial charge in [-0.2, -0.15) is 0 Å². The molecule has 96 valence electrons. The number of nitrogens with one attached hydrogen (secondary N) is 1. The maximum absolute atomic E-state index is 11.7. The fraction of sp³-hybridized carbons (Fsp3) is 0.700. The van der Waals surface area contributed by atoms with Crippen molar-refractivity contribution in [3.63, 3.8) is 0 Å². The first-order chi connectivity index (χ1) is 7.81. The third-order valence-corrected chi connectivity index (χ3v) is 1.91. The van der Waals surface area contributed by atoms with Gasteiger partial charge in [0.15, 0.2) is 6.23 Å². The van der Waals surface area contributed by atoms with Gasteiger partial charge in [-0.25, -0.2) is 4.79 Å². The highest BCUT2D eigenvalue weighted by molar-refractivity contribution is 5.83. The molecule has 0 saturated carbocycles. The van der Waals surface area contributed by atoms with Crippen LogP contribution >= 0.6 is 0 Å². The number of ether oxygens (including phenoxy) is 2. The smallest absolute Gasteiger partial charge is 0.410 e. The van der Waals surface area contributed by atoms with Crippen LogP contribution in [0.3, 0.4) is 0 Å². The zero-order valence-corrected chi connectivity index (χ0v) is 10.1. The van der Waals surface area contributed by atoms with Crippen molar-refractivity contribution in [3.8, 4) is 0 Å². The molecule has 1 heterocycles. The third kappa shape index (κ3) is 4.29. The number of carbonyl (C=O) groups is 3. The Kier molecular flexibility index (Phi) is 3.93. The van der Waals surface area contributed by atoms with Crippen LogP contribution in [0.2, 0.25) is 0 Å². The van der Waals surface area contributed by atoms with Gasteiger partial charge in [0, 0.05) is 0 Å². The molecule has 7 heteroatoms. The second-order valence-corrected chi connectivity index (χ2v) is 4.65. The average Bonchev–Trinajstić information content (AvgIpc) is 2.14. The van der Waals surface area contributed by atoms with Crippen LogP contribution in [-0.4, -0.2) is 48.3 Å². The lowest BCUT2D eigenvalue weighted by molar-refractivity contribution is -0.143. The summed E-state index contributed by atoms with van der Waals surface area (Å²) in [6.45, 7) is 5.40. The Labute approximate surface area is 99.0 Å². The standard InChI is InChI=1S/C10H16N2O5/c1-10(2,3)17-9(15)12-4-7(14)11-8(5-12)16-6-13/h6,8H,4-5H2,1-3H3,(H,11,14). The van der Waals surface area contributed by atoms with Crippen LogP contribution in [0.25, 0.3) is 0 Å². The Bertz CT molecular complexity index is 323. The number of nitrogens with zero attached hydrogens (tertiary/aromatic N) is 1. The molecule has 0 aromatic rings. The largest absolute Gasteiger partial charge is 0.444 e. The second-order valence-electron chi connectivity index (χ2n) is 4.65. The van der Waals surface area contributed by atoms with Gasteiger partial charge < -0.3 is 14.8 Å². The molecular formula is C10H16N2O5. The molecule has 0 spiro atoms. The van der Waals surface area contributed by atoms with Crippen molar-refractivity contribution in [3.05, 3.63) is 0 Å². The summed E-state index contributed by atoms with van der Waals surface area (Å²) in [5.74, 6) is -0.394. The fourth-order valence-electron chi connectivity index (χ4n) is 1.32. The van der Waals surface area contributed by atoms with E-state index in [9.17, 15) is 14.4 Å². The lowest BCUT2D eigenvalue weighted by Crippen LogP contribution is -2.57. The first kappa shape index (κ1) is 13.3. The molecule has 1 saturated heterocycles. The van der Waals surface area contributed by atoms with Gasteiger partial charge in [0.1, 0.15) is 12.1 Å². The molecule has 1 atom stereocenters. The molecule has 0 aromatic heterocycles. The van der Waals surface area contributed by atoms with E-state index in [1.165, 1.54) is 4.90 Å². The van der Waals surface area contributed by atoms with Crippen molar-refractivity contribution in [1.29, 1.82) is 0 Å². The van der Waals surface area contributed by atoms with Crippen LogP contribution in [0, 0.1) is 0 Å². The molecule has 1 unspecified atom stereocenters. The molecule has 17 heavy (non-hydrogen) atoms. The molecule has 1 fully saturated rings. The quantitative estimate of drug-likeness (QED) is 0.683. The lowest BCUT2D eigenvalue weighted by atomic mass is 10.2. The summed E-state index contributed by atoms with van der Waals surface area (Å²) < 4.78 is 9.72. The van der Waals surface area contributed by atoms with E-state index in [0.29, 0.717) is 0 Å². The van der Waals surface area contributed by atoms with Crippen LogP contribution < -0.4 is 5.32 Å². The molecule has 0 radical (unpaired) electrons. The normalized spacial score (nSPS) is 20.5. The van der Waals surface area contributed by atoms with E-state index < -0.39 is 23.8 Å². The summed E-state index contributed by atoms with van der Waals surface area (Å²) in [5.41, 5.74) is -0.633. The Morgan fingerprint density at radius 1 is 1.53 bits per heavy atom. The van der Waals surface area contributed by atoms with Crippen molar-refractivity contribution in [2.75, 3.05) is 13.1 Å². The van der Waals surface area contributed by atoms with Crippen molar-refractivity contribution in [2.45, 2.75) is 32.6 Å². The Morgan fingerprint density at radius 2 is 2.18 bits per heavy atom. The predicted molar refractivity (Wildman–Crippen MR) is 56.9 cm³/mol. The van der Waals surface area contributed by atoms with E-state index in [1.807, 2.05) is 0 Å². The summed E-state index contributed by atoms with van der Waals surface area (Å²) in [4.78, 5) is 34.3. The number of carbonyl (C=O) groups excluding carboxylic acids is 3. The second kappa shape index (κ2) is 5.03. The molecule has 0 aromatic carbocycles. The van der Waals surface area contributed by atoms with E-state index in [0.717, 1.165) is 0 Å². The first-order valence-electron chi connectivity index (χ1n) is 5.18. The highest BCUT2D eigenvalue weighted by Gasteiger charge is 2.31. The van der Waals surface area contributed by atoms with Gasteiger partial charge in [-0.1, -0.05) is 0 Å². The summed E-state index contributed by atoms with van der Waals surface area (Å²) >= 11 is 0. The molecule has 1 aliphatic heterocycles. The van der Waals surface area contributed by atoms with Crippen molar-refractivity contribution in [2.24, 2.45) is 0 Å². The van der Waals surface area contributed by atoms with Gasteiger partial charge in [0.25, 0.3) is 6.47 Å².